The summed E-state index contributed by atoms with van der Waals surface area (Å²) in [5.41, 5.74) is -0.0121. The quantitative estimate of drug-likeness (QED) is 0.746. The maximum absolute atomic E-state index is 5.42. The lowest BCUT2D eigenvalue weighted by Gasteiger charge is -2.29. The highest BCUT2D eigenvalue weighted by atomic mass is 16.5. The van der Waals surface area contributed by atoms with Crippen LogP contribution >= 0.6 is 0 Å². The Hall–Kier alpha value is -0.0800. The Labute approximate surface area is 87.4 Å². The molecule has 14 heavy (non-hydrogen) atoms. The van der Waals surface area contributed by atoms with Crippen LogP contribution in [0.25, 0.3) is 0 Å². The largest absolute Gasteiger partial charge is 0.377 e. The van der Waals surface area contributed by atoms with E-state index in [1.54, 1.807) is 7.11 Å². The van der Waals surface area contributed by atoms with Crippen molar-refractivity contribution in [3.63, 3.8) is 0 Å². The zero-order chi connectivity index (χ0) is 10.2. The van der Waals surface area contributed by atoms with Crippen LogP contribution < -0.4 is 5.32 Å². The summed E-state index contributed by atoms with van der Waals surface area (Å²) < 4.78 is 5.42. The van der Waals surface area contributed by atoms with Gasteiger partial charge < -0.3 is 10.1 Å². The minimum atomic E-state index is -0.0121. The second kappa shape index (κ2) is 3.82. The van der Waals surface area contributed by atoms with E-state index >= 15 is 0 Å². The fourth-order valence-electron chi connectivity index (χ4n) is 2.94. The number of rotatable bonds is 4. The first-order chi connectivity index (χ1) is 6.61. The maximum Gasteiger partial charge on any atom is 0.0746 e. The van der Waals surface area contributed by atoms with Crippen molar-refractivity contribution in [3.05, 3.63) is 0 Å². The van der Waals surface area contributed by atoms with Gasteiger partial charge in [-0.1, -0.05) is 6.42 Å². The second-order valence-corrected chi connectivity index (χ2v) is 5.63. The lowest BCUT2D eigenvalue weighted by molar-refractivity contribution is 0.0195. The Morgan fingerprint density at radius 1 is 1.29 bits per heavy atom. The molecule has 0 aromatic carbocycles. The SMILES string of the molecule is COC(C)(C)CNC1CC2CCC1C2. The monoisotopic (exact) mass is 197 g/mol. The van der Waals surface area contributed by atoms with Crippen molar-refractivity contribution >= 4 is 0 Å². The molecule has 2 fully saturated rings. The van der Waals surface area contributed by atoms with Gasteiger partial charge in [0.1, 0.15) is 0 Å². The third-order valence-electron chi connectivity index (χ3n) is 4.08. The van der Waals surface area contributed by atoms with Gasteiger partial charge in [-0.2, -0.15) is 0 Å². The molecule has 0 spiro atoms. The second-order valence-electron chi connectivity index (χ2n) is 5.63. The molecule has 0 amide bonds. The van der Waals surface area contributed by atoms with Crippen molar-refractivity contribution in [2.24, 2.45) is 11.8 Å². The first-order valence-electron chi connectivity index (χ1n) is 5.89. The van der Waals surface area contributed by atoms with Crippen LogP contribution in [0.4, 0.5) is 0 Å². The van der Waals surface area contributed by atoms with Gasteiger partial charge in [0.15, 0.2) is 0 Å². The average Bonchev–Trinajstić information content (AvgIpc) is 2.76. The molecule has 2 aliphatic carbocycles. The van der Waals surface area contributed by atoms with Gasteiger partial charge in [0.05, 0.1) is 5.60 Å². The normalized spacial score (nSPS) is 36.6. The molecule has 3 atom stereocenters. The first-order valence-corrected chi connectivity index (χ1v) is 5.89. The van der Waals surface area contributed by atoms with E-state index in [1.165, 1.54) is 25.7 Å². The van der Waals surface area contributed by atoms with Gasteiger partial charge in [0, 0.05) is 19.7 Å². The summed E-state index contributed by atoms with van der Waals surface area (Å²) in [6.07, 6.45) is 5.82. The van der Waals surface area contributed by atoms with Crippen molar-refractivity contribution in [1.29, 1.82) is 0 Å². The van der Waals surface area contributed by atoms with E-state index in [1.807, 2.05) is 0 Å². The van der Waals surface area contributed by atoms with E-state index in [9.17, 15) is 0 Å². The molecule has 2 bridgehead atoms. The Morgan fingerprint density at radius 3 is 2.57 bits per heavy atom. The predicted octanol–water partition coefficient (Wildman–Crippen LogP) is 2.19. The number of fused-ring (bicyclic) bond motifs is 2. The third-order valence-corrected chi connectivity index (χ3v) is 4.08. The summed E-state index contributed by atoms with van der Waals surface area (Å²) in [7, 11) is 1.79. The molecule has 2 rings (SSSR count). The molecule has 2 heteroatoms. The highest BCUT2D eigenvalue weighted by Crippen LogP contribution is 2.44. The van der Waals surface area contributed by atoms with E-state index < -0.39 is 0 Å². The Morgan fingerprint density at radius 2 is 2.07 bits per heavy atom. The summed E-state index contributed by atoms with van der Waals surface area (Å²) in [6.45, 7) is 5.28. The van der Waals surface area contributed by atoms with Crippen LogP contribution in [0.2, 0.25) is 0 Å². The molecule has 1 N–H and O–H groups in total. The van der Waals surface area contributed by atoms with Gasteiger partial charge in [0.2, 0.25) is 0 Å². The fraction of sp³-hybridized carbons (Fsp3) is 1.00. The van der Waals surface area contributed by atoms with Crippen LogP contribution in [0.15, 0.2) is 0 Å². The van der Waals surface area contributed by atoms with Crippen molar-refractivity contribution in [3.8, 4) is 0 Å². The van der Waals surface area contributed by atoms with Crippen molar-refractivity contribution in [1.82, 2.24) is 5.32 Å². The molecule has 2 saturated carbocycles. The van der Waals surface area contributed by atoms with E-state index in [2.05, 4.69) is 19.2 Å². The lowest BCUT2D eigenvalue weighted by Crippen LogP contribution is -2.43. The Balaban J connectivity index is 1.77. The van der Waals surface area contributed by atoms with E-state index in [-0.39, 0.29) is 5.60 Å². The van der Waals surface area contributed by atoms with Gasteiger partial charge in [-0.3, -0.25) is 0 Å². The molecule has 0 saturated heterocycles. The topological polar surface area (TPSA) is 21.3 Å². The molecule has 0 aliphatic heterocycles. The smallest absolute Gasteiger partial charge is 0.0746 e. The minimum Gasteiger partial charge on any atom is -0.377 e. The van der Waals surface area contributed by atoms with Crippen LogP contribution in [0, 0.1) is 11.8 Å². The molecular weight excluding hydrogens is 174 g/mol. The van der Waals surface area contributed by atoms with Crippen LogP contribution in [0.5, 0.6) is 0 Å². The molecule has 0 heterocycles. The summed E-state index contributed by atoms with van der Waals surface area (Å²) in [5, 5.41) is 3.68. The van der Waals surface area contributed by atoms with Gasteiger partial charge in [-0.25, -0.2) is 0 Å². The van der Waals surface area contributed by atoms with E-state index in [0.717, 1.165) is 24.4 Å². The predicted molar refractivity (Wildman–Crippen MR) is 58.3 cm³/mol. The minimum absolute atomic E-state index is 0.0121. The average molecular weight is 197 g/mol. The van der Waals surface area contributed by atoms with Gasteiger partial charge in [-0.15, -0.1) is 0 Å². The van der Waals surface area contributed by atoms with Crippen LogP contribution in [0.3, 0.4) is 0 Å². The van der Waals surface area contributed by atoms with Crippen LogP contribution in [0.1, 0.15) is 39.5 Å². The van der Waals surface area contributed by atoms with E-state index in [0.29, 0.717) is 0 Å². The highest BCUT2D eigenvalue weighted by molar-refractivity contribution is 4.94. The van der Waals surface area contributed by atoms with Crippen molar-refractivity contribution in [2.45, 2.75) is 51.2 Å². The van der Waals surface area contributed by atoms with Crippen molar-refractivity contribution < 1.29 is 4.74 Å². The molecule has 82 valence electrons. The number of nitrogens with one attached hydrogen (secondary N) is 1. The van der Waals surface area contributed by atoms with Crippen LogP contribution in [-0.4, -0.2) is 25.3 Å². The van der Waals surface area contributed by atoms with Crippen LogP contribution in [-0.2, 0) is 4.74 Å². The van der Waals surface area contributed by atoms with E-state index in [4.69, 9.17) is 4.74 Å². The van der Waals surface area contributed by atoms with Crippen molar-refractivity contribution in [2.75, 3.05) is 13.7 Å². The van der Waals surface area contributed by atoms with Gasteiger partial charge >= 0.3 is 0 Å². The molecular formula is C12H23NO. The molecule has 2 aliphatic rings. The molecule has 2 nitrogen and oxygen atoms in total. The van der Waals surface area contributed by atoms with Gasteiger partial charge in [0.25, 0.3) is 0 Å². The number of hydrogen-bond donors (Lipinski definition) is 1. The molecule has 0 radical (unpaired) electrons. The lowest BCUT2D eigenvalue weighted by atomic mass is 9.95. The molecule has 0 aromatic rings. The summed E-state index contributed by atoms with van der Waals surface area (Å²) in [6, 6.07) is 0.781. The first kappa shape index (κ1) is 10.4. The number of ether oxygens (including phenoxy) is 1. The summed E-state index contributed by atoms with van der Waals surface area (Å²) >= 11 is 0. The Bertz CT molecular complexity index is 202. The number of hydrogen-bond acceptors (Lipinski definition) is 2. The summed E-state index contributed by atoms with van der Waals surface area (Å²) in [4.78, 5) is 0. The highest BCUT2D eigenvalue weighted by Gasteiger charge is 2.39. The maximum atomic E-state index is 5.42. The number of methoxy groups -OCH3 is 1. The zero-order valence-corrected chi connectivity index (χ0v) is 9.68. The molecule has 0 aromatic heterocycles. The third kappa shape index (κ3) is 2.12. The summed E-state index contributed by atoms with van der Waals surface area (Å²) in [5.74, 6) is 2.00. The zero-order valence-electron chi connectivity index (χ0n) is 9.68. The molecule has 3 unspecified atom stereocenters. The standard InChI is InChI=1S/C12H23NO/c1-12(2,14-3)8-13-11-7-9-4-5-10(11)6-9/h9-11,13H,4-8H2,1-3H3. The Kier molecular flexibility index (Phi) is 2.85. The van der Waals surface area contributed by atoms with Gasteiger partial charge in [-0.05, 0) is 44.9 Å². The fourth-order valence-corrected chi connectivity index (χ4v) is 2.94.